The number of hydrogen-bond donors (Lipinski definition) is 2. The zero-order valence-corrected chi connectivity index (χ0v) is 11.0. The van der Waals surface area contributed by atoms with Crippen LogP contribution in [0.2, 0.25) is 0 Å². The fourth-order valence-electron chi connectivity index (χ4n) is 1.93. The van der Waals surface area contributed by atoms with Crippen LogP contribution >= 0.6 is 0 Å². The summed E-state index contributed by atoms with van der Waals surface area (Å²) in [6.07, 6.45) is 3.67. The molecular weight excluding hydrogens is 230 g/mol. The molecule has 1 atom stereocenters. The Hall–Kier alpha value is -1.40. The molecule has 100 valence electrons. The van der Waals surface area contributed by atoms with Crippen molar-refractivity contribution in [3.8, 4) is 0 Å². The lowest BCUT2D eigenvalue weighted by Gasteiger charge is -2.30. The molecular formula is C12H21N5O. The van der Waals surface area contributed by atoms with Crippen molar-refractivity contribution < 1.29 is 4.74 Å². The van der Waals surface area contributed by atoms with E-state index >= 15 is 0 Å². The maximum absolute atomic E-state index is 5.68. The van der Waals surface area contributed by atoms with Crippen LogP contribution in [0.5, 0.6) is 0 Å². The number of hydrogen-bond acceptors (Lipinski definition) is 6. The molecule has 0 bridgehead atoms. The van der Waals surface area contributed by atoms with Crippen molar-refractivity contribution >= 4 is 11.6 Å². The van der Waals surface area contributed by atoms with Gasteiger partial charge in [0.15, 0.2) is 0 Å². The molecule has 1 unspecified atom stereocenters. The molecule has 0 aliphatic carbocycles. The minimum atomic E-state index is 0.216. The van der Waals surface area contributed by atoms with Gasteiger partial charge in [0.2, 0.25) is 0 Å². The SMILES string of the molecule is CCNc1cncc(NCC2CN(C)CCO2)n1. The summed E-state index contributed by atoms with van der Waals surface area (Å²) in [6, 6.07) is 0. The Morgan fingerprint density at radius 1 is 1.39 bits per heavy atom. The first-order valence-electron chi connectivity index (χ1n) is 6.38. The van der Waals surface area contributed by atoms with Crippen molar-refractivity contribution in [1.29, 1.82) is 0 Å². The van der Waals surface area contributed by atoms with Gasteiger partial charge in [-0.25, -0.2) is 4.98 Å². The molecule has 1 aliphatic rings. The summed E-state index contributed by atoms with van der Waals surface area (Å²) < 4.78 is 5.68. The molecule has 1 aliphatic heterocycles. The van der Waals surface area contributed by atoms with Crippen LogP contribution in [0.1, 0.15) is 6.92 Å². The van der Waals surface area contributed by atoms with Crippen molar-refractivity contribution in [3.63, 3.8) is 0 Å². The van der Waals surface area contributed by atoms with Crippen LogP contribution in [0.4, 0.5) is 11.6 Å². The third kappa shape index (κ3) is 3.82. The Morgan fingerprint density at radius 3 is 2.89 bits per heavy atom. The summed E-state index contributed by atoms with van der Waals surface area (Å²) in [5, 5.41) is 6.41. The van der Waals surface area contributed by atoms with Gasteiger partial charge >= 0.3 is 0 Å². The minimum Gasteiger partial charge on any atom is -0.374 e. The van der Waals surface area contributed by atoms with Crippen LogP contribution in [-0.2, 0) is 4.74 Å². The average Bonchev–Trinajstić information content (AvgIpc) is 2.37. The molecule has 2 N–H and O–H groups in total. The highest BCUT2D eigenvalue weighted by atomic mass is 16.5. The normalized spacial score (nSPS) is 20.7. The molecule has 0 aromatic carbocycles. The fraction of sp³-hybridized carbons (Fsp3) is 0.667. The van der Waals surface area contributed by atoms with E-state index in [4.69, 9.17) is 4.74 Å². The van der Waals surface area contributed by atoms with E-state index in [0.717, 1.165) is 44.4 Å². The first kappa shape index (κ1) is 13.0. The van der Waals surface area contributed by atoms with E-state index in [1.807, 2.05) is 6.92 Å². The topological polar surface area (TPSA) is 62.3 Å². The van der Waals surface area contributed by atoms with Crippen LogP contribution in [0, 0.1) is 0 Å². The first-order valence-corrected chi connectivity index (χ1v) is 6.38. The fourth-order valence-corrected chi connectivity index (χ4v) is 1.93. The van der Waals surface area contributed by atoms with E-state index in [-0.39, 0.29) is 6.10 Å². The minimum absolute atomic E-state index is 0.216. The van der Waals surface area contributed by atoms with E-state index in [2.05, 4.69) is 32.5 Å². The predicted octanol–water partition coefficient (Wildman–Crippen LogP) is 0.651. The molecule has 6 nitrogen and oxygen atoms in total. The number of aromatic nitrogens is 2. The summed E-state index contributed by atoms with van der Waals surface area (Å²) in [5.74, 6) is 1.58. The number of morpholine rings is 1. The largest absolute Gasteiger partial charge is 0.374 e. The second-order valence-corrected chi connectivity index (χ2v) is 4.46. The zero-order chi connectivity index (χ0) is 12.8. The Balaban J connectivity index is 1.83. The van der Waals surface area contributed by atoms with Gasteiger partial charge in [-0.2, -0.15) is 0 Å². The van der Waals surface area contributed by atoms with E-state index < -0.39 is 0 Å². The molecule has 2 rings (SSSR count). The van der Waals surface area contributed by atoms with Crippen LogP contribution in [0.3, 0.4) is 0 Å². The maximum atomic E-state index is 5.68. The smallest absolute Gasteiger partial charge is 0.147 e. The Kier molecular flexibility index (Phi) is 4.72. The predicted molar refractivity (Wildman–Crippen MR) is 71.9 cm³/mol. The van der Waals surface area contributed by atoms with Gasteiger partial charge in [-0.05, 0) is 14.0 Å². The summed E-state index contributed by atoms with van der Waals surface area (Å²) in [6.45, 7) is 6.39. The summed E-state index contributed by atoms with van der Waals surface area (Å²) >= 11 is 0. The number of likely N-dealkylation sites (N-methyl/N-ethyl adjacent to an activating group) is 1. The van der Waals surface area contributed by atoms with Crippen LogP contribution in [-0.4, -0.2) is 60.8 Å². The van der Waals surface area contributed by atoms with Crippen LogP contribution in [0.15, 0.2) is 12.4 Å². The van der Waals surface area contributed by atoms with Gasteiger partial charge in [-0.1, -0.05) is 0 Å². The molecule has 1 aromatic rings. The van der Waals surface area contributed by atoms with Gasteiger partial charge in [-0.15, -0.1) is 0 Å². The van der Waals surface area contributed by atoms with Crippen molar-refractivity contribution in [1.82, 2.24) is 14.9 Å². The molecule has 0 spiro atoms. The third-order valence-electron chi connectivity index (χ3n) is 2.85. The number of rotatable bonds is 5. The quantitative estimate of drug-likeness (QED) is 0.801. The average molecular weight is 251 g/mol. The summed E-state index contributed by atoms with van der Waals surface area (Å²) in [7, 11) is 2.11. The Labute approximate surface area is 108 Å². The molecule has 1 aromatic heterocycles. The molecule has 1 fully saturated rings. The van der Waals surface area contributed by atoms with E-state index in [0.29, 0.717) is 0 Å². The van der Waals surface area contributed by atoms with E-state index in [1.54, 1.807) is 12.4 Å². The molecule has 0 saturated carbocycles. The molecule has 6 heteroatoms. The van der Waals surface area contributed by atoms with Gasteiger partial charge in [0.1, 0.15) is 11.6 Å². The Bertz CT molecular complexity index is 373. The van der Waals surface area contributed by atoms with Crippen molar-refractivity contribution in [2.75, 3.05) is 50.5 Å². The van der Waals surface area contributed by atoms with Gasteiger partial charge in [-0.3, -0.25) is 4.98 Å². The van der Waals surface area contributed by atoms with Gasteiger partial charge in [0.05, 0.1) is 25.1 Å². The summed E-state index contributed by atoms with van der Waals surface area (Å²) in [4.78, 5) is 10.8. The van der Waals surface area contributed by atoms with Crippen molar-refractivity contribution in [3.05, 3.63) is 12.4 Å². The van der Waals surface area contributed by atoms with E-state index in [9.17, 15) is 0 Å². The Morgan fingerprint density at radius 2 is 2.17 bits per heavy atom. The third-order valence-corrected chi connectivity index (χ3v) is 2.85. The summed E-state index contributed by atoms with van der Waals surface area (Å²) in [5.41, 5.74) is 0. The zero-order valence-electron chi connectivity index (χ0n) is 11.0. The number of anilines is 2. The van der Waals surface area contributed by atoms with Crippen LogP contribution < -0.4 is 10.6 Å². The van der Waals surface area contributed by atoms with E-state index in [1.165, 1.54) is 0 Å². The number of nitrogens with zero attached hydrogens (tertiary/aromatic N) is 3. The molecule has 0 amide bonds. The first-order chi connectivity index (χ1) is 8.78. The second kappa shape index (κ2) is 6.51. The lowest BCUT2D eigenvalue weighted by atomic mass is 10.3. The monoisotopic (exact) mass is 251 g/mol. The van der Waals surface area contributed by atoms with Gasteiger partial charge < -0.3 is 20.3 Å². The number of ether oxygens (including phenoxy) is 1. The highest BCUT2D eigenvalue weighted by Gasteiger charge is 2.17. The molecule has 2 heterocycles. The number of nitrogens with one attached hydrogen (secondary N) is 2. The molecule has 1 saturated heterocycles. The standard InChI is InChI=1S/C12H21N5O/c1-3-14-11-7-13-8-12(16-11)15-6-10-9-17(2)4-5-18-10/h7-8,10H,3-6,9H2,1-2H3,(H2,14,15,16). The van der Waals surface area contributed by atoms with Crippen molar-refractivity contribution in [2.45, 2.75) is 13.0 Å². The van der Waals surface area contributed by atoms with Gasteiger partial charge in [0.25, 0.3) is 0 Å². The maximum Gasteiger partial charge on any atom is 0.147 e. The molecule has 0 radical (unpaired) electrons. The van der Waals surface area contributed by atoms with Gasteiger partial charge in [0, 0.05) is 26.2 Å². The highest BCUT2D eigenvalue weighted by molar-refractivity contribution is 5.41. The van der Waals surface area contributed by atoms with Crippen LogP contribution in [0.25, 0.3) is 0 Å². The molecule has 18 heavy (non-hydrogen) atoms. The van der Waals surface area contributed by atoms with Crippen molar-refractivity contribution in [2.24, 2.45) is 0 Å². The lowest BCUT2D eigenvalue weighted by molar-refractivity contribution is -0.0117. The second-order valence-electron chi connectivity index (χ2n) is 4.46. The highest BCUT2D eigenvalue weighted by Crippen LogP contribution is 2.08. The lowest BCUT2D eigenvalue weighted by Crippen LogP contribution is -2.43.